The van der Waals surface area contributed by atoms with E-state index in [1.165, 1.54) is 24.0 Å². The molecule has 1 atom stereocenters. The van der Waals surface area contributed by atoms with Crippen LogP contribution in [-0.2, 0) is 22.5 Å². The number of likely N-dealkylation sites (N-methyl/N-ethyl adjacent to an activating group) is 1. The fourth-order valence-electron chi connectivity index (χ4n) is 3.22. The molecule has 0 aliphatic rings. The van der Waals surface area contributed by atoms with E-state index in [1.807, 2.05) is 32.0 Å². The third-order valence-corrected chi connectivity index (χ3v) is 6.43. The maximum absolute atomic E-state index is 12.5. The van der Waals surface area contributed by atoms with E-state index in [1.54, 1.807) is 0 Å². The van der Waals surface area contributed by atoms with E-state index >= 15 is 0 Å². The number of nitrogens with one attached hydrogen (secondary N) is 1. The predicted molar refractivity (Wildman–Crippen MR) is 126 cm³/mol. The first-order chi connectivity index (χ1) is 14.9. The minimum atomic E-state index is -0.469. The molecule has 164 valence electrons. The number of methoxy groups -OCH3 is 1. The second-order valence-corrected chi connectivity index (χ2v) is 8.72. The van der Waals surface area contributed by atoms with Gasteiger partial charge in [-0.3, -0.25) is 4.79 Å². The standard InChI is InChI=1S/C24H29N3O3S/c1-5-16(2)22(28)26-20-19-12-11-18(25-23(19)31-21(20)24(29)30-4)15-27(3)14-13-17-9-7-6-8-10-17/h6-12,16H,5,13-15H2,1-4H3,(H,26,28). The van der Waals surface area contributed by atoms with Crippen molar-refractivity contribution in [1.29, 1.82) is 0 Å². The van der Waals surface area contributed by atoms with Gasteiger partial charge in [-0.2, -0.15) is 0 Å². The maximum atomic E-state index is 12.5. The number of ether oxygens (including phenoxy) is 1. The summed E-state index contributed by atoms with van der Waals surface area (Å²) in [4.78, 5) is 32.8. The van der Waals surface area contributed by atoms with Gasteiger partial charge >= 0.3 is 5.97 Å². The smallest absolute Gasteiger partial charge is 0.350 e. The van der Waals surface area contributed by atoms with E-state index in [2.05, 4.69) is 41.5 Å². The van der Waals surface area contributed by atoms with Crippen molar-refractivity contribution in [3.63, 3.8) is 0 Å². The second kappa shape index (κ2) is 10.5. The number of carbonyl (C=O) groups excluding carboxylic acids is 2. The molecule has 1 aromatic carbocycles. The van der Waals surface area contributed by atoms with Crippen molar-refractivity contribution in [2.45, 2.75) is 33.2 Å². The third-order valence-electron chi connectivity index (χ3n) is 5.35. The zero-order valence-corrected chi connectivity index (χ0v) is 19.3. The highest BCUT2D eigenvalue weighted by Crippen LogP contribution is 2.36. The second-order valence-electron chi connectivity index (χ2n) is 7.72. The summed E-state index contributed by atoms with van der Waals surface area (Å²) in [5, 5.41) is 3.68. The SMILES string of the molecule is CCC(C)C(=O)Nc1c(C(=O)OC)sc2nc(CN(C)CCc3ccccc3)ccc12. The van der Waals surface area contributed by atoms with Gasteiger partial charge in [-0.05, 0) is 37.6 Å². The summed E-state index contributed by atoms with van der Waals surface area (Å²) in [6.45, 7) is 5.43. The van der Waals surface area contributed by atoms with Gasteiger partial charge in [0.1, 0.15) is 9.71 Å². The van der Waals surface area contributed by atoms with Gasteiger partial charge in [-0.15, -0.1) is 11.3 Å². The Morgan fingerprint density at radius 1 is 1.19 bits per heavy atom. The molecular weight excluding hydrogens is 410 g/mol. The van der Waals surface area contributed by atoms with Crippen LogP contribution in [0.3, 0.4) is 0 Å². The number of fused-ring (bicyclic) bond motifs is 1. The monoisotopic (exact) mass is 439 g/mol. The number of hydrogen-bond acceptors (Lipinski definition) is 6. The number of thiophene rings is 1. The molecule has 0 aliphatic carbocycles. The van der Waals surface area contributed by atoms with Crippen molar-refractivity contribution in [3.8, 4) is 0 Å². The number of aromatic nitrogens is 1. The van der Waals surface area contributed by atoms with Gasteiger partial charge in [0.05, 0.1) is 18.5 Å². The van der Waals surface area contributed by atoms with Crippen LogP contribution in [0.15, 0.2) is 42.5 Å². The number of hydrogen-bond donors (Lipinski definition) is 1. The Labute approximate surface area is 187 Å². The van der Waals surface area contributed by atoms with Crippen LogP contribution in [0, 0.1) is 5.92 Å². The summed E-state index contributed by atoms with van der Waals surface area (Å²) in [6, 6.07) is 14.3. The highest BCUT2D eigenvalue weighted by Gasteiger charge is 2.23. The largest absolute Gasteiger partial charge is 0.465 e. The lowest BCUT2D eigenvalue weighted by Crippen LogP contribution is -2.21. The van der Waals surface area contributed by atoms with Crippen molar-refractivity contribution < 1.29 is 14.3 Å². The lowest BCUT2D eigenvalue weighted by molar-refractivity contribution is -0.119. The van der Waals surface area contributed by atoms with Gasteiger partial charge in [0.2, 0.25) is 5.91 Å². The number of esters is 1. The van der Waals surface area contributed by atoms with E-state index in [9.17, 15) is 9.59 Å². The van der Waals surface area contributed by atoms with E-state index < -0.39 is 5.97 Å². The topological polar surface area (TPSA) is 71.5 Å². The Hall–Kier alpha value is -2.77. The number of pyridine rings is 1. The first kappa shape index (κ1) is 22.9. The summed E-state index contributed by atoms with van der Waals surface area (Å²) in [6.07, 6.45) is 1.69. The number of nitrogens with zero attached hydrogens (tertiary/aromatic N) is 2. The van der Waals surface area contributed by atoms with Gasteiger partial charge in [-0.25, -0.2) is 9.78 Å². The zero-order valence-electron chi connectivity index (χ0n) is 18.5. The molecule has 2 aromatic heterocycles. The fraction of sp³-hybridized carbons (Fsp3) is 0.375. The number of amides is 1. The maximum Gasteiger partial charge on any atom is 0.350 e. The van der Waals surface area contributed by atoms with Crippen molar-refractivity contribution in [2.75, 3.05) is 26.0 Å². The van der Waals surface area contributed by atoms with Crippen LogP contribution in [0.2, 0.25) is 0 Å². The van der Waals surface area contributed by atoms with E-state index in [0.717, 1.165) is 30.5 Å². The Morgan fingerprint density at radius 3 is 2.61 bits per heavy atom. The van der Waals surface area contributed by atoms with Crippen LogP contribution < -0.4 is 5.32 Å². The summed E-state index contributed by atoms with van der Waals surface area (Å²) >= 11 is 1.25. The summed E-state index contributed by atoms with van der Waals surface area (Å²) in [7, 11) is 3.41. The molecule has 3 aromatic rings. The van der Waals surface area contributed by atoms with Crippen molar-refractivity contribution in [3.05, 3.63) is 58.6 Å². The van der Waals surface area contributed by atoms with Crippen molar-refractivity contribution in [2.24, 2.45) is 5.92 Å². The zero-order chi connectivity index (χ0) is 22.4. The van der Waals surface area contributed by atoms with E-state index in [-0.39, 0.29) is 11.8 Å². The Kier molecular flexibility index (Phi) is 7.76. The molecule has 0 saturated heterocycles. The van der Waals surface area contributed by atoms with Crippen molar-refractivity contribution in [1.82, 2.24) is 9.88 Å². The fourth-order valence-corrected chi connectivity index (χ4v) is 4.28. The molecule has 0 aliphatic heterocycles. The highest BCUT2D eigenvalue weighted by atomic mass is 32.1. The molecule has 0 radical (unpaired) electrons. The molecule has 0 spiro atoms. The normalized spacial score (nSPS) is 12.2. The van der Waals surface area contributed by atoms with Crippen LogP contribution >= 0.6 is 11.3 Å². The molecule has 1 unspecified atom stereocenters. The molecule has 6 nitrogen and oxygen atoms in total. The number of anilines is 1. The van der Waals surface area contributed by atoms with Gasteiger partial charge in [0.25, 0.3) is 0 Å². The Bertz CT molecular complexity index is 1050. The molecule has 7 heteroatoms. The lowest BCUT2D eigenvalue weighted by atomic mass is 10.1. The summed E-state index contributed by atoms with van der Waals surface area (Å²) < 4.78 is 4.93. The minimum absolute atomic E-state index is 0.114. The molecule has 31 heavy (non-hydrogen) atoms. The molecule has 3 rings (SSSR count). The molecule has 0 bridgehead atoms. The molecular formula is C24H29N3O3S. The average molecular weight is 440 g/mol. The Balaban J connectivity index is 1.79. The molecule has 1 amide bonds. The van der Waals surface area contributed by atoms with Crippen LogP contribution in [0.5, 0.6) is 0 Å². The number of rotatable bonds is 9. The van der Waals surface area contributed by atoms with Crippen LogP contribution in [-0.4, -0.2) is 42.5 Å². The summed E-state index contributed by atoms with van der Waals surface area (Å²) in [5.74, 6) is -0.730. The van der Waals surface area contributed by atoms with Crippen LogP contribution in [0.1, 0.15) is 41.2 Å². The molecule has 0 fully saturated rings. The minimum Gasteiger partial charge on any atom is -0.465 e. The van der Waals surface area contributed by atoms with Gasteiger partial charge in [-0.1, -0.05) is 44.2 Å². The van der Waals surface area contributed by atoms with E-state index in [0.29, 0.717) is 21.9 Å². The highest BCUT2D eigenvalue weighted by molar-refractivity contribution is 7.21. The van der Waals surface area contributed by atoms with Crippen LogP contribution in [0.25, 0.3) is 10.2 Å². The van der Waals surface area contributed by atoms with Crippen LogP contribution in [0.4, 0.5) is 5.69 Å². The molecule has 1 N–H and O–H groups in total. The molecule has 2 heterocycles. The van der Waals surface area contributed by atoms with Gasteiger partial charge in [0, 0.05) is 24.4 Å². The summed E-state index contributed by atoms with van der Waals surface area (Å²) in [5.41, 5.74) is 2.72. The third kappa shape index (κ3) is 5.68. The first-order valence-corrected chi connectivity index (χ1v) is 11.3. The Morgan fingerprint density at radius 2 is 1.94 bits per heavy atom. The van der Waals surface area contributed by atoms with Crippen molar-refractivity contribution >= 4 is 39.1 Å². The van der Waals surface area contributed by atoms with E-state index in [4.69, 9.17) is 9.72 Å². The average Bonchev–Trinajstić information content (AvgIpc) is 3.14. The number of carbonyl (C=O) groups is 2. The van der Waals surface area contributed by atoms with Gasteiger partial charge < -0.3 is 15.0 Å². The van der Waals surface area contributed by atoms with Gasteiger partial charge in [0.15, 0.2) is 0 Å². The predicted octanol–water partition coefficient (Wildman–Crippen LogP) is 4.74. The quantitative estimate of drug-likeness (QED) is 0.488. The lowest BCUT2D eigenvalue weighted by Gasteiger charge is -2.16. The molecule has 0 saturated carbocycles. The first-order valence-electron chi connectivity index (χ1n) is 10.5. The number of benzene rings is 1.